The van der Waals surface area contributed by atoms with Gasteiger partial charge in [0.1, 0.15) is 11.4 Å². The Morgan fingerprint density at radius 2 is 2.08 bits per heavy atom. The average Bonchev–Trinajstić information content (AvgIpc) is 3.12. The normalized spacial score (nSPS) is 20.4. The van der Waals surface area contributed by atoms with Gasteiger partial charge in [0.15, 0.2) is 0 Å². The molecule has 1 aromatic heterocycles. The summed E-state index contributed by atoms with van der Waals surface area (Å²) in [5.41, 5.74) is 1.21. The summed E-state index contributed by atoms with van der Waals surface area (Å²) in [4.78, 5) is 32.2. The lowest BCUT2D eigenvalue weighted by Gasteiger charge is -2.21. The van der Waals surface area contributed by atoms with Crippen LogP contribution < -0.4 is 5.32 Å². The number of methoxy groups -OCH3 is 1. The number of fused-ring (bicyclic) bond motifs is 1. The minimum atomic E-state index is -0.767. The van der Waals surface area contributed by atoms with E-state index in [1.54, 1.807) is 6.20 Å². The number of nitrogens with one attached hydrogen (secondary N) is 2. The van der Waals surface area contributed by atoms with Crippen LogP contribution >= 0.6 is 0 Å². The Hall–Kier alpha value is -2.63. The van der Waals surface area contributed by atoms with Gasteiger partial charge in [-0.15, -0.1) is 0 Å². The summed E-state index contributed by atoms with van der Waals surface area (Å²) >= 11 is 0. The van der Waals surface area contributed by atoms with E-state index in [4.69, 9.17) is 4.74 Å². The van der Waals surface area contributed by atoms with Crippen molar-refractivity contribution in [2.45, 2.75) is 32.7 Å². The van der Waals surface area contributed by atoms with Gasteiger partial charge < -0.3 is 15.0 Å². The highest BCUT2D eigenvalue weighted by atomic mass is 16.5. The van der Waals surface area contributed by atoms with Crippen LogP contribution in [0.25, 0.3) is 10.9 Å². The molecule has 2 heterocycles. The number of aliphatic imine (C=N–C) groups is 1. The van der Waals surface area contributed by atoms with E-state index in [9.17, 15) is 9.59 Å². The fourth-order valence-corrected chi connectivity index (χ4v) is 2.93. The Bertz CT molecular complexity index is 850. The monoisotopic (exact) mass is 327 g/mol. The Morgan fingerprint density at radius 3 is 2.71 bits per heavy atom. The van der Waals surface area contributed by atoms with E-state index in [2.05, 4.69) is 15.3 Å². The first kappa shape index (κ1) is 16.2. The quantitative estimate of drug-likeness (QED) is 0.846. The van der Waals surface area contributed by atoms with Crippen molar-refractivity contribution in [3.8, 4) is 0 Å². The van der Waals surface area contributed by atoms with Crippen molar-refractivity contribution in [1.82, 2.24) is 10.3 Å². The number of hydrogen-bond donors (Lipinski definition) is 2. The SMILES string of the molecule is COC(=O)c1c(CC2=NC(C)(C(C)C)C(=O)N2)ccc2cc[nH]c12. The van der Waals surface area contributed by atoms with Gasteiger partial charge in [-0.3, -0.25) is 9.79 Å². The Balaban J connectivity index is 2.02. The van der Waals surface area contributed by atoms with E-state index in [-0.39, 0.29) is 11.8 Å². The molecule has 2 N–H and O–H groups in total. The predicted octanol–water partition coefficient (Wildman–Crippen LogP) is 2.44. The van der Waals surface area contributed by atoms with Crippen LogP contribution in [0.2, 0.25) is 0 Å². The molecule has 2 aromatic rings. The number of hydrogen-bond acceptors (Lipinski definition) is 4. The molecule has 0 spiro atoms. The van der Waals surface area contributed by atoms with Crippen LogP contribution in [-0.4, -0.2) is 35.3 Å². The summed E-state index contributed by atoms with van der Waals surface area (Å²) in [7, 11) is 1.36. The molecule has 1 aromatic carbocycles. The van der Waals surface area contributed by atoms with Crippen LogP contribution in [0, 0.1) is 5.92 Å². The number of rotatable bonds is 4. The molecule has 6 heteroatoms. The average molecular weight is 327 g/mol. The molecule has 6 nitrogen and oxygen atoms in total. The third-order valence-electron chi connectivity index (χ3n) is 4.77. The molecule has 0 aliphatic carbocycles. The Kier molecular flexibility index (Phi) is 3.91. The van der Waals surface area contributed by atoms with Crippen molar-refractivity contribution in [3.05, 3.63) is 35.5 Å². The number of aromatic amines is 1. The minimum Gasteiger partial charge on any atom is -0.465 e. The first-order valence-electron chi connectivity index (χ1n) is 7.94. The number of carbonyl (C=O) groups excluding carboxylic acids is 2. The molecule has 0 radical (unpaired) electrons. The van der Waals surface area contributed by atoms with Gasteiger partial charge in [0.2, 0.25) is 0 Å². The van der Waals surface area contributed by atoms with Gasteiger partial charge in [-0.05, 0) is 24.5 Å². The molecule has 0 saturated carbocycles. The number of amidine groups is 1. The third kappa shape index (κ3) is 2.48. The molecular weight excluding hydrogens is 306 g/mol. The van der Waals surface area contributed by atoms with E-state index < -0.39 is 11.5 Å². The van der Waals surface area contributed by atoms with E-state index in [0.29, 0.717) is 17.8 Å². The summed E-state index contributed by atoms with van der Waals surface area (Å²) in [6, 6.07) is 5.71. The largest absolute Gasteiger partial charge is 0.465 e. The number of ether oxygens (including phenoxy) is 1. The van der Waals surface area contributed by atoms with Crippen molar-refractivity contribution in [2.75, 3.05) is 7.11 Å². The molecule has 0 saturated heterocycles. The molecule has 1 aliphatic heterocycles. The molecule has 1 atom stereocenters. The standard InChI is InChI=1S/C18H21N3O3/c1-10(2)18(3)17(23)20-13(21-18)9-12-6-5-11-7-8-19-15(11)14(12)16(22)24-4/h5-8,10,19H,9H2,1-4H3,(H,20,21,23). The highest BCUT2D eigenvalue weighted by Crippen LogP contribution is 2.28. The maximum absolute atomic E-state index is 12.3. The van der Waals surface area contributed by atoms with Crippen molar-refractivity contribution in [3.63, 3.8) is 0 Å². The summed E-state index contributed by atoms with van der Waals surface area (Å²) in [6.07, 6.45) is 2.15. The van der Waals surface area contributed by atoms with Gasteiger partial charge in [-0.2, -0.15) is 0 Å². The number of benzene rings is 1. The second kappa shape index (κ2) is 5.78. The lowest BCUT2D eigenvalue weighted by molar-refractivity contribution is -0.124. The zero-order valence-corrected chi connectivity index (χ0v) is 14.3. The van der Waals surface area contributed by atoms with Crippen LogP contribution in [-0.2, 0) is 16.0 Å². The summed E-state index contributed by atoms with van der Waals surface area (Å²) in [5.74, 6) is 0.149. The lowest BCUT2D eigenvalue weighted by atomic mass is 9.89. The highest BCUT2D eigenvalue weighted by molar-refractivity contribution is 6.10. The fourth-order valence-electron chi connectivity index (χ4n) is 2.93. The lowest BCUT2D eigenvalue weighted by Crippen LogP contribution is -2.41. The van der Waals surface area contributed by atoms with Crippen LogP contribution in [0.5, 0.6) is 0 Å². The fraction of sp³-hybridized carbons (Fsp3) is 0.389. The molecule has 1 amide bonds. The van der Waals surface area contributed by atoms with Gasteiger partial charge in [0.05, 0.1) is 18.2 Å². The van der Waals surface area contributed by atoms with Crippen molar-refractivity contribution in [2.24, 2.45) is 10.9 Å². The zero-order valence-electron chi connectivity index (χ0n) is 14.3. The van der Waals surface area contributed by atoms with Gasteiger partial charge in [-0.1, -0.05) is 26.0 Å². The number of carbonyl (C=O) groups is 2. The molecule has 1 aliphatic rings. The van der Waals surface area contributed by atoms with Crippen molar-refractivity contribution in [1.29, 1.82) is 0 Å². The first-order chi connectivity index (χ1) is 11.4. The van der Waals surface area contributed by atoms with Crippen LogP contribution in [0.1, 0.15) is 36.7 Å². The maximum atomic E-state index is 12.3. The number of esters is 1. The number of nitrogens with zero attached hydrogens (tertiary/aromatic N) is 1. The first-order valence-corrected chi connectivity index (χ1v) is 7.94. The highest BCUT2D eigenvalue weighted by Gasteiger charge is 2.41. The molecule has 3 rings (SSSR count). The van der Waals surface area contributed by atoms with E-state index in [1.807, 2.05) is 39.0 Å². The van der Waals surface area contributed by atoms with E-state index >= 15 is 0 Å². The smallest absolute Gasteiger partial charge is 0.340 e. The minimum absolute atomic E-state index is 0.0842. The van der Waals surface area contributed by atoms with E-state index in [0.717, 1.165) is 16.5 Å². The maximum Gasteiger partial charge on any atom is 0.340 e. The van der Waals surface area contributed by atoms with Gasteiger partial charge in [0.25, 0.3) is 5.91 Å². The topological polar surface area (TPSA) is 83.5 Å². The number of amides is 1. The molecule has 0 fully saturated rings. The Morgan fingerprint density at radius 1 is 1.33 bits per heavy atom. The van der Waals surface area contributed by atoms with Gasteiger partial charge >= 0.3 is 5.97 Å². The molecule has 24 heavy (non-hydrogen) atoms. The van der Waals surface area contributed by atoms with Crippen molar-refractivity contribution < 1.29 is 14.3 Å². The van der Waals surface area contributed by atoms with Crippen LogP contribution in [0.3, 0.4) is 0 Å². The molecule has 1 unspecified atom stereocenters. The Labute approximate surface area is 140 Å². The third-order valence-corrected chi connectivity index (χ3v) is 4.77. The van der Waals surface area contributed by atoms with Crippen LogP contribution in [0.15, 0.2) is 29.4 Å². The second-order valence-electron chi connectivity index (χ2n) is 6.52. The summed E-state index contributed by atoms with van der Waals surface area (Å²) in [6.45, 7) is 5.77. The predicted molar refractivity (Wildman–Crippen MR) is 92.2 cm³/mol. The summed E-state index contributed by atoms with van der Waals surface area (Å²) < 4.78 is 4.93. The number of aromatic nitrogens is 1. The molecular formula is C18H21N3O3. The molecule has 126 valence electrons. The number of H-pyrrole nitrogens is 1. The zero-order chi connectivity index (χ0) is 17.5. The van der Waals surface area contributed by atoms with Gasteiger partial charge in [-0.25, -0.2) is 4.79 Å². The van der Waals surface area contributed by atoms with Crippen LogP contribution in [0.4, 0.5) is 0 Å². The van der Waals surface area contributed by atoms with E-state index in [1.165, 1.54) is 7.11 Å². The van der Waals surface area contributed by atoms with Gasteiger partial charge in [0, 0.05) is 18.0 Å². The molecule has 0 bridgehead atoms. The summed E-state index contributed by atoms with van der Waals surface area (Å²) in [5, 5.41) is 3.78. The second-order valence-corrected chi connectivity index (χ2v) is 6.52. The van der Waals surface area contributed by atoms with Crippen molar-refractivity contribution >= 4 is 28.6 Å².